The minimum absolute atomic E-state index is 0.0251. The highest BCUT2D eigenvalue weighted by Crippen LogP contribution is 2.33. The first-order chi connectivity index (χ1) is 17.2. The number of hydrogen-bond donors (Lipinski definition) is 2. The number of rotatable bonds is 10. The molecule has 0 unspecified atom stereocenters. The number of ether oxygens (including phenoxy) is 1. The molecule has 2 fully saturated rings. The zero-order valence-electron chi connectivity index (χ0n) is 20.2. The van der Waals surface area contributed by atoms with Gasteiger partial charge in [0.1, 0.15) is 17.3 Å². The predicted octanol–water partition coefficient (Wildman–Crippen LogP) is 3.90. The third-order valence-corrected chi connectivity index (χ3v) is 8.81. The van der Waals surface area contributed by atoms with E-state index in [1.807, 2.05) is 0 Å². The molecule has 2 atom stereocenters. The fraction of sp³-hybridized carbons (Fsp3) is 0.583. The van der Waals surface area contributed by atoms with Crippen molar-refractivity contribution in [1.29, 1.82) is 0 Å². The van der Waals surface area contributed by atoms with Crippen molar-refractivity contribution in [1.82, 2.24) is 19.7 Å². The van der Waals surface area contributed by atoms with Gasteiger partial charge in [-0.3, -0.25) is 9.78 Å². The number of pyridine rings is 1. The average Bonchev–Trinajstić information content (AvgIpc) is 3.33. The molecule has 2 aliphatic rings. The average molecular weight is 557 g/mol. The van der Waals surface area contributed by atoms with Gasteiger partial charge in [0.05, 0.1) is 17.0 Å². The maximum absolute atomic E-state index is 13.0. The van der Waals surface area contributed by atoms with Gasteiger partial charge < -0.3 is 10.1 Å². The standard InChI is InChI=1S/C24H31Cl2N5O4S/c1-2-36(33,34)31-17-4-3-16(9-17)21(32)11-18-10-19(20(25)13-27-18)23-24(26)29-14-22(30-23)28-12-15-5-7-35-8-6-15/h10,13-17,31H,2-9,11-12H2,1H3,(H,28,30)/t16-,17+/m0/s1. The monoisotopic (exact) mass is 555 g/mol. The summed E-state index contributed by atoms with van der Waals surface area (Å²) in [5.74, 6) is 0.943. The Hall–Kier alpha value is -1.85. The van der Waals surface area contributed by atoms with E-state index in [2.05, 4.69) is 25.0 Å². The Morgan fingerprint density at radius 2 is 1.92 bits per heavy atom. The Morgan fingerprint density at radius 1 is 1.14 bits per heavy atom. The lowest BCUT2D eigenvalue weighted by Gasteiger charge is -2.22. The molecule has 196 valence electrons. The van der Waals surface area contributed by atoms with Crippen molar-refractivity contribution < 1.29 is 17.9 Å². The van der Waals surface area contributed by atoms with Gasteiger partial charge in [-0.2, -0.15) is 0 Å². The van der Waals surface area contributed by atoms with E-state index in [1.54, 1.807) is 19.2 Å². The molecule has 2 aromatic heterocycles. The van der Waals surface area contributed by atoms with E-state index in [0.717, 1.165) is 32.6 Å². The molecule has 9 nitrogen and oxygen atoms in total. The SMILES string of the molecule is CCS(=O)(=O)N[C@@H]1CC[C@H](C(=O)Cc2cc(-c3nc(NCC4CCOCC4)cnc3Cl)c(Cl)cn2)C1. The van der Waals surface area contributed by atoms with E-state index >= 15 is 0 Å². The molecule has 1 aliphatic carbocycles. The highest BCUT2D eigenvalue weighted by Gasteiger charge is 2.32. The van der Waals surface area contributed by atoms with Crippen LogP contribution in [0.3, 0.4) is 0 Å². The van der Waals surface area contributed by atoms with Crippen LogP contribution in [-0.4, -0.2) is 60.7 Å². The van der Waals surface area contributed by atoms with Gasteiger partial charge in [0.15, 0.2) is 5.15 Å². The molecule has 3 heterocycles. The number of sulfonamides is 1. The second-order valence-corrected chi connectivity index (χ2v) is 12.2. The summed E-state index contributed by atoms with van der Waals surface area (Å²) in [5, 5.41) is 3.90. The van der Waals surface area contributed by atoms with Gasteiger partial charge in [-0.05, 0) is 51.0 Å². The van der Waals surface area contributed by atoms with Crippen LogP contribution in [0.15, 0.2) is 18.5 Å². The number of hydrogen-bond acceptors (Lipinski definition) is 8. The Bertz CT molecular complexity index is 1190. The Morgan fingerprint density at radius 3 is 2.67 bits per heavy atom. The molecule has 2 aromatic rings. The number of Topliss-reactive ketones (excluding diaryl/α,β-unsaturated/α-hetero) is 1. The van der Waals surface area contributed by atoms with Gasteiger partial charge in [0.25, 0.3) is 0 Å². The number of carbonyl (C=O) groups excluding carboxylic acids is 1. The third kappa shape index (κ3) is 7.13. The number of ketones is 1. The molecule has 2 N–H and O–H groups in total. The van der Waals surface area contributed by atoms with Gasteiger partial charge >= 0.3 is 0 Å². The predicted molar refractivity (Wildman–Crippen MR) is 140 cm³/mol. The quantitative estimate of drug-likeness (QED) is 0.452. The van der Waals surface area contributed by atoms with Crippen LogP contribution in [0, 0.1) is 11.8 Å². The fourth-order valence-corrected chi connectivity index (χ4v) is 5.91. The maximum atomic E-state index is 13.0. The van der Waals surface area contributed by atoms with Gasteiger partial charge in [-0.25, -0.2) is 23.1 Å². The number of nitrogens with zero attached hydrogens (tertiary/aromatic N) is 3. The van der Waals surface area contributed by atoms with E-state index in [1.165, 1.54) is 6.20 Å². The van der Waals surface area contributed by atoms with Crippen molar-refractivity contribution in [2.24, 2.45) is 11.8 Å². The Balaban J connectivity index is 1.43. The molecule has 0 radical (unpaired) electrons. The largest absolute Gasteiger partial charge is 0.381 e. The number of anilines is 1. The maximum Gasteiger partial charge on any atom is 0.211 e. The van der Waals surface area contributed by atoms with Crippen LogP contribution in [0.4, 0.5) is 5.82 Å². The Kier molecular flexibility index (Phi) is 9.16. The van der Waals surface area contributed by atoms with Crippen molar-refractivity contribution in [3.8, 4) is 11.3 Å². The normalized spacial score (nSPS) is 21.0. The van der Waals surface area contributed by atoms with Crippen LogP contribution in [0.5, 0.6) is 0 Å². The molecule has 0 bridgehead atoms. The minimum Gasteiger partial charge on any atom is -0.381 e. The molecule has 1 aliphatic heterocycles. The zero-order chi connectivity index (χ0) is 25.7. The number of halogens is 2. The molecular formula is C24H31Cl2N5O4S. The first-order valence-electron chi connectivity index (χ1n) is 12.3. The first-order valence-corrected chi connectivity index (χ1v) is 14.7. The van der Waals surface area contributed by atoms with Crippen molar-refractivity contribution in [3.63, 3.8) is 0 Å². The molecule has 0 amide bonds. The molecule has 4 rings (SSSR count). The summed E-state index contributed by atoms with van der Waals surface area (Å²) in [4.78, 5) is 26.2. The van der Waals surface area contributed by atoms with Crippen molar-refractivity contribution >= 4 is 44.8 Å². The second kappa shape index (κ2) is 12.1. The number of aromatic nitrogens is 3. The molecule has 0 aromatic carbocycles. The summed E-state index contributed by atoms with van der Waals surface area (Å²) < 4.78 is 31.8. The van der Waals surface area contributed by atoms with Gasteiger partial charge in [0, 0.05) is 55.6 Å². The Labute approximate surface area is 221 Å². The van der Waals surface area contributed by atoms with E-state index in [4.69, 9.17) is 27.9 Å². The smallest absolute Gasteiger partial charge is 0.211 e. The van der Waals surface area contributed by atoms with E-state index in [0.29, 0.717) is 53.0 Å². The van der Waals surface area contributed by atoms with Crippen molar-refractivity contribution in [2.45, 2.75) is 51.5 Å². The van der Waals surface area contributed by atoms with Crippen molar-refractivity contribution in [2.75, 3.05) is 30.8 Å². The lowest BCUT2D eigenvalue weighted by atomic mass is 9.97. The summed E-state index contributed by atoms with van der Waals surface area (Å²) in [6.07, 6.45) is 7.00. The number of carbonyl (C=O) groups is 1. The summed E-state index contributed by atoms with van der Waals surface area (Å²) in [7, 11) is -3.29. The number of nitrogens with one attached hydrogen (secondary N) is 2. The fourth-order valence-electron chi connectivity index (χ4n) is 4.63. The van der Waals surface area contributed by atoms with Crippen LogP contribution in [0.25, 0.3) is 11.3 Å². The van der Waals surface area contributed by atoms with Crippen LogP contribution in [0.2, 0.25) is 10.2 Å². The zero-order valence-corrected chi connectivity index (χ0v) is 22.5. The van der Waals surface area contributed by atoms with Crippen LogP contribution >= 0.6 is 23.2 Å². The summed E-state index contributed by atoms with van der Waals surface area (Å²) in [6, 6.07) is 1.52. The third-order valence-electron chi connectivity index (χ3n) is 6.78. The van der Waals surface area contributed by atoms with Crippen molar-refractivity contribution in [3.05, 3.63) is 34.3 Å². The highest BCUT2D eigenvalue weighted by atomic mass is 35.5. The molecular weight excluding hydrogens is 525 g/mol. The summed E-state index contributed by atoms with van der Waals surface area (Å²) >= 11 is 12.8. The van der Waals surface area contributed by atoms with E-state index < -0.39 is 10.0 Å². The van der Waals surface area contributed by atoms with Gasteiger partial charge in [0.2, 0.25) is 10.0 Å². The van der Waals surface area contributed by atoms with Crippen LogP contribution < -0.4 is 10.0 Å². The lowest BCUT2D eigenvalue weighted by Crippen LogP contribution is -2.34. The summed E-state index contributed by atoms with van der Waals surface area (Å²) in [6.45, 7) is 3.90. The molecule has 0 spiro atoms. The summed E-state index contributed by atoms with van der Waals surface area (Å²) in [5.41, 5.74) is 1.53. The molecule has 1 saturated heterocycles. The van der Waals surface area contributed by atoms with E-state index in [-0.39, 0.29) is 35.1 Å². The molecule has 36 heavy (non-hydrogen) atoms. The van der Waals surface area contributed by atoms with Crippen LogP contribution in [-0.2, 0) is 26.0 Å². The van der Waals surface area contributed by atoms with E-state index in [9.17, 15) is 13.2 Å². The topological polar surface area (TPSA) is 123 Å². The highest BCUT2D eigenvalue weighted by molar-refractivity contribution is 7.89. The molecule has 1 saturated carbocycles. The first kappa shape index (κ1) is 27.2. The molecule has 12 heteroatoms. The van der Waals surface area contributed by atoms with Crippen LogP contribution in [0.1, 0.15) is 44.7 Å². The van der Waals surface area contributed by atoms with Gasteiger partial charge in [-0.15, -0.1) is 0 Å². The lowest BCUT2D eigenvalue weighted by molar-refractivity contribution is -0.122. The minimum atomic E-state index is -3.29. The van der Waals surface area contributed by atoms with Gasteiger partial charge in [-0.1, -0.05) is 23.2 Å². The second-order valence-electron chi connectivity index (χ2n) is 9.36.